The molecular formula is C14H17Cl2N3. The lowest BCUT2D eigenvalue weighted by molar-refractivity contribution is 0.641. The molecule has 0 amide bonds. The predicted molar refractivity (Wildman–Crippen MR) is 81.0 cm³/mol. The molecule has 0 aliphatic rings. The van der Waals surface area contributed by atoms with Crippen molar-refractivity contribution >= 4 is 28.9 Å². The SMILES string of the molecule is CCc1nn(Cc2ccc(Cl)cc2Cl)c(CC)c1N. The zero-order chi connectivity index (χ0) is 14.0. The summed E-state index contributed by atoms with van der Waals surface area (Å²) in [5.41, 5.74) is 9.90. The lowest BCUT2D eigenvalue weighted by Gasteiger charge is -2.08. The Bertz CT molecular complexity index is 591. The first-order chi connectivity index (χ1) is 9.06. The second-order valence-electron chi connectivity index (χ2n) is 4.41. The van der Waals surface area contributed by atoms with Gasteiger partial charge in [0, 0.05) is 10.0 Å². The minimum Gasteiger partial charge on any atom is -0.396 e. The Labute approximate surface area is 123 Å². The van der Waals surface area contributed by atoms with Gasteiger partial charge in [0.2, 0.25) is 0 Å². The van der Waals surface area contributed by atoms with Crippen LogP contribution in [0.5, 0.6) is 0 Å². The van der Waals surface area contributed by atoms with Crippen molar-refractivity contribution < 1.29 is 0 Å². The molecular weight excluding hydrogens is 281 g/mol. The van der Waals surface area contributed by atoms with E-state index in [1.807, 2.05) is 16.8 Å². The maximum Gasteiger partial charge on any atom is 0.0854 e. The van der Waals surface area contributed by atoms with Crippen LogP contribution in [0.1, 0.15) is 30.8 Å². The van der Waals surface area contributed by atoms with Crippen molar-refractivity contribution in [3.63, 3.8) is 0 Å². The van der Waals surface area contributed by atoms with Gasteiger partial charge in [0.25, 0.3) is 0 Å². The number of halogens is 2. The Hall–Kier alpha value is -1.19. The van der Waals surface area contributed by atoms with E-state index in [-0.39, 0.29) is 0 Å². The van der Waals surface area contributed by atoms with E-state index in [0.29, 0.717) is 16.6 Å². The van der Waals surface area contributed by atoms with Crippen molar-refractivity contribution in [3.8, 4) is 0 Å². The summed E-state index contributed by atoms with van der Waals surface area (Å²) in [6.07, 6.45) is 1.68. The zero-order valence-electron chi connectivity index (χ0n) is 11.1. The highest BCUT2D eigenvalue weighted by atomic mass is 35.5. The summed E-state index contributed by atoms with van der Waals surface area (Å²) < 4.78 is 1.93. The number of nitrogens with two attached hydrogens (primary N) is 1. The third-order valence-corrected chi connectivity index (χ3v) is 3.77. The summed E-state index contributed by atoms with van der Waals surface area (Å²) >= 11 is 12.1. The van der Waals surface area contributed by atoms with Crippen LogP contribution in [0.25, 0.3) is 0 Å². The average molecular weight is 298 g/mol. The number of nitrogen functional groups attached to an aromatic ring is 1. The predicted octanol–water partition coefficient (Wildman–Crippen LogP) is 3.95. The van der Waals surface area contributed by atoms with Gasteiger partial charge in [-0.1, -0.05) is 43.1 Å². The van der Waals surface area contributed by atoms with Crippen LogP contribution in [-0.4, -0.2) is 9.78 Å². The van der Waals surface area contributed by atoms with Gasteiger partial charge in [-0.15, -0.1) is 0 Å². The van der Waals surface area contributed by atoms with Crippen molar-refractivity contribution in [2.75, 3.05) is 5.73 Å². The summed E-state index contributed by atoms with van der Waals surface area (Å²) in [6.45, 7) is 4.74. The first kappa shape index (κ1) is 14.2. The molecule has 0 unspecified atom stereocenters. The van der Waals surface area contributed by atoms with Gasteiger partial charge < -0.3 is 5.73 Å². The highest BCUT2D eigenvalue weighted by Gasteiger charge is 2.13. The minimum absolute atomic E-state index is 0.614. The molecule has 1 aromatic carbocycles. The van der Waals surface area contributed by atoms with Crippen LogP contribution in [0.4, 0.5) is 5.69 Å². The molecule has 5 heteroatoms. The monoisotopic (exact) mass is 297 g/mol. The number of rotatable bonds is 4. The Morgan fingerprint density at radius 2 is 1.95 bits per heavy atom. The van der Waals surface area contributed by atoms with Crippen molar-refractivity contribution in [1.29, 1.82) is 0 Å². The summed E-state index contributed by atoms with van der Waals surface area (Å²) in [5, 5.41) is 5.85. The largest absolute Gasteiger partial charge is 0.396 e. The maximum absolute atomic E-state index is 6.20. The molecule has 3 nitrogen and oxygen atoms in total. The highest BCUT2D eigenvalue weighted by Crippen LogP contribution is 2.24. The van der Waals surface area contributed by atoms with E-state index in [1.165, 1.54) is 0 Å². The fraction of sp³-hybridized carbons (Fsp3) is 0.357. The number of hydrogen-bond acceptors (Lipinski definition) is 2. The molecule has 0 saturated heterocycles. The second-order valence-corrected chi connectivity index (χ2v) is 5.25. The zero-order valence-corrected chi connectivity index (χ0v) is 12.6. The molecule has 2 N–H and O–H groups in total. The Morgan fingerprint density at radius 1 is 1.21 bits per heavy atom. The van der Waals surface area contributed by atoms with Crippen LogP contribution in [0, 0.1) is 0 Å². The van der Waals surface area contributed by atoms with E-state index in [2.05, 4.69) is 18.9 Å². The third-order valence-electron chi connectivity index (χ3n) is 3.18. The van der Waals surface area contributed by atoms with Gasteiger partial charge in [-0.3, -0.25) is 4.68 Å². The molecule has 102 valence electrons. The third kappa shape index (κ3) is 2.88. The topological polar surface area (TPSA) is 43.8 Å². The van der Waals surface area contributed by atoms with Crippen LogP contribution < -0.4 is 5.73 Å². The van der Waals surface area contributed by atoms with E-state index in [4.69, 9.17) is 28.9 Å². The Balaban J connectivity index is 2.37. The second kappa shape index (κ2) is 5.85. The smallest absolute Gasteiger partial charge is 0.0854 e. The van der Waals surface area contributed by atoms with Crippen molar-refractivity contribution in [2.24, 2.45) is 0 Å². The van der Waals surface area contributed by atoms with Gasteiger partial charge in [0.1, 0.15) is 0 Å². The van der Waals surface area contributed by atoms with Crippen molar-refractivity contribution in [1.82, 2.24) is 9.78 Å². The fourth-order valence-electron chi connectivity index (χ4n) is 2.14. The first-order valence-corrected chi connectivity index (χ1v) is 7.10. The van der Waals surface area contributed by atoms with Crippen LogP contribution in [-0.2, 0) is 19.4 Å². The van der Waals surface area contributed by atoms with Gasteiger partial charge in [-0.25, -0.2) is 0 Å². The quantitative estimate of drug-likeness (QED) is 0.929. The number of hydrogen-bond donors (Lipinski definition) is 1. The van der Waals surface area contributed by atoms with Crippen LogP contribution >= 0.6 is 23.2 Å². The normalized spacial score (nSPS) is 10.9. The van der Waals surface area contributed by atoms with Crippen molar-refractivity contribution in [3.05, 3.63) is 45.2 Å². The van der Waals surface area contributed by atoms with Crippen LogP contribution in [0.3, 0.4) is 0 Å². The molecule has 0 saturated carbocycles. The molecule has 0 fully saturated rings. The van der Waals surface area contributed by atoms with E-state index < -0.39 is 0 Å². The molecule has 19 heavy (non-hydrogen) atoms. The standard InChI is InChI=1S/C14H17Cl2N3/c1-3-12-14(17)13(4-2)19(18-12)8-9-5-6-10(15)7-11(9)16/h5-7H,3-4,8,17H2,1-2H3. The summed E-state index contributed by atoms with van der Waals surface area (Å²) in [6, 6.07) is 5.51. The fourth-order valence-corrected chi connectivity index (χ4v) is 2.61. The van der Waals surface area contributed by atoms with Crippen molar-refractivity contribution in [2.45, 2.75) is 33.2 Å². The van der Waals surface area contributed by atoms with Gasteiger partial charge in [0.05, 0.1) is 23.6 Å². The van der Waals surface area contributed by atoms with Gasteiger partial charge in [-0.2, -0.15) is 5.10 Å². The first-order valence-electron chi connectivity index (χ1n) is 6.34. The van der Waals surface area contributed by atoms with Gasteiger partial charge >= 0.3 is 0 Å². The lowest BCUT2D eigenvalue weighted by Crippen LogP contribution is -2.07. The molecule has 2 aromatic rings. The number of aromatic nitrogens is 2. The molecule has 0 bridgehead atoms. The van der Waals surface area contributed by atoms with Crippen LogP contribution in [0.15, 0.2) is 18.2 Å². The molecule has 0 radical (unpaired) electrons. The van der Waals surface area contributed by atoms with E-state index >= 15 is 0 Å². The number of aryl methyl sites for hydroxylation is 1. The van der Waals surface area contributed by atoms with E-state index in [9.17, 15) is 0 Å². The Morgan fingerprint density at radius 3 is 2.53 bits per heavy atom. The lowest BCUT2D eigenvalue weighted by atomic mass is 10.2. The molecule has 1 heterocycles. The van der Waals surface area contributed by atoms with Gasteiger partial charge in [0.15, 0.2) is 0 Å². The molecule has 2 rings (SSSR count). The number of benzene rings is 1. The summed E-state index contributed by atoms with van der Waals surface area (Å²) in [7, 11) is 0. The Kier molecular flexibility index (Phi) is 4.38. The van der Waals surface area contributed by atoms with Crippen LogP contribution in [0.2, 0.25) is 10.0 Å². The summed E-state index contributed by atoms with van der Waals surface area (Å²) in [4.78, 5) is 0. The minimum atomic E-state index is 0.614. The molecule has 0 atom stereocenters. The van der Waals surface area contributed by atoms with E-state index in [0.717, 1.165) is 35.5 Å². The molecule has 1 aromatic heterocycles. The number of anilines is 1. The number of nitrogens with zero attached hydrogens (tertiary/aromatic N) is 2. The maximum atomic E-state index is 6.20. The highest BCUT2D eigenvalue weighted by molar-refractivity contribution is 6.35. The van der Waals surface area contributed by atoms with E-state index in [1.54, 1.807) is 6.07 Å². The molecule has 0 aliphatic heterocycles. The van der Waals surface area contributed by atoms with Gasteiger partial charge in [-0.05, 0) is 30.5 Å². The molecule has 0 spiro atoms. The molecule has 0 aliphatic carbocycles. The average Bonchev–Trinajstić information content (AvgIpc) is 2.68. The summed E-state index contributed by atoms with van der Waals surface area (Å²) in [5.74, 6) is 0.